The largest absolute Gasteiger partial charge is 0.376 e. The molecular weight excluding hydrogens is 282 g/mol. The molecule has 0 amide bonds. The number of anilines is 1. The summed E-state index contributed by atoms with van der Waals surface area (Å²) in [6.07, 6.45) is 5.44. The monoisotopic (exact) mass is 299 g/mol. The number of nitrogens with one attached hydrogen (secondary N) is 1. The van der Waals surface area contributed by atoms with Gasteiger partial charge in [0.15, 0.2) is 5.82 Å². The first kappa shape index (κ1) is 13.8. The van der Waals surface area contributed by atoms with Gasteiger partial charge in [-0.1, -0.05) is 0 Å². The fourth-order valence-corrected chi connectivity index (χ4v) is 3.19. The molecule has 0 saturated carbocycles. The Morgan fingerprint density at radius 3 is 2.71 bits per heavy atom. The zero-order chi connectivity index (χ0) is 14.8. The minimum atomic E-state index is 0.160. The summed E-state index contributed by atoms with van der Waals surface area (Å²) in [5, 5.41) is 8.70. The molecule has 6 heteroatoms. The van der Waals surface area contributed by atoms with E-state index >= 15 is 0 Å². The van der Waals surface area contributed by atoms with Gasteiger partial charge in [-0.05, 0) is 39.0 Å². The molecule has 21 heavy (non-hydrogen) atoms. The SMILES string of the molecule is Cc1nc(C(C)Nc2ccc(-n3cccn3)nc2)c(C)s1. The second kappa shape index (κ2) is 5.65. The van der Waals surface area contributed by atoms with E-state index in [1.54, 1.807) is 22.2 Å². The lowest BCUT2D eigenvalue weighted by Gasteiger charge is -2.14. The van der Waals surface area contributed by atoms with E-state index < -0.39 is 0 Å². The van der Waals surface area contributed by atoms with Gasteiger partial charge in [0, 0.05) is 17.3 Å². The topological polar surface area (TPSA) is 55.6 Å². The predicted octanol–water partition coefficient (Wildman–Crippen LogP) is 3.51. The van der Waals surface area contributed by atoms with Crippen LogP contribution in [0.1, 0.15) is 28.5 Å². The van der Waals surface area contributed by atoms with E-state index in [-0.39, 0.29) is 6.04 Å². The maximum Gasteiger partial charge on any atom is 0.153 e. The number of pyridine rings is 1. The van der Waals surface area contributed by atoms with Crippen LogP contribution < -0.4 is 5.32 Å². The minimum absolute atomic E-state index is 0.160. The Morgan fingerprint density at radius 2 is 2.14 bits per heavy atom. The molecule has 0 aliphatic heterocycles. The van der Waals surface area contributed by atoms with Crippen molar-refractivity contribution in [3.63, 3.8) is 0 Å². The van der Waals surface area contributed by atoms with Gasteiger partial charge in [0.1, 0.15) is 0 Å². The van der Waals surface area contributed by atoms with Crippen LogP contribution >= 0.6 is 11.3 Å². The summed E-state index contributed by atoms with van der Waals surface area (Å²) in [6, 6.07) is 5.99. The van der Waals surface area contributed by atoms with Crippen LogP contribution in [0, 0.1) is 13.8 Å². The molecular formula is C15H17N5S. The summed E-state index contributed by atoms with van der Waals surface area (Å²) in [5.74, 6) is 0.805. The number of nitrogens with zero attached hydrogens (tertiary/aromatic N) is 4. The molecule has 0 saturated heterocycles. The van der Waals surface area contributed by atoms with Crippen LogP contribution in [0.2, 0.25) is 0 Å². The van der Waals surface area contributed by atoms with Crippen LogP contribution in [0.5, 0.6) is 0 Å². The summed E-state index contributed by atoms with van der Waals surface area (Å²) in [6.45, 7) is 6.26. The molecule has 3 rings (SSSR count). The van der Waals surface area contributed by atoms with E-state index in [0.717, 1.165) is 22.2 Å². The Hall–Kier alpha value is -2.21. The summed E-state index contributed by atoms with van der Waals surface area (Å²) >= 11 is 1.73. The van der Waals surface area contributed by atoms with E-state index in [2.05, 4.69) is 34.2 Å². The van der Waals surface area contributed by atoms with Crippen molar-refractivity contribution in [2.75, 3.05) is 5.32 Å². The fraction of sp³-hybridized carbons (Fsp3) is 0.267. The van der Waals surface area contributed by atoms with Crippen molar-refractivity contribution in [1.29, 1.82) is 0 Å². The van der Waals surface area contributed by atoms with Crippen molar-refractivity contribution < 1.29 is 0 Å². The van der Waals surface area contributed by atoms with E-state index in [0.29, 0.717) is 0 Å². The van der Waals surface area contributed by atoms with Crippen LogP contribution in [-0.2, 0) is 0 Å². The molecule has 5 nitrogen and oxygen atoms in total. The van der Waals surface area contributed by atoms with Crippen LogP contribution in [0.25, 0.3) is 5.82 Å². The third kappa shape index (κ3) is 2.95. The molecule has 1 N–H and O–H groups in total. The maximum atomic E-state index is 4.59. The highest BCUT2D eigenvalue weighted by Gasteiger charge is 2.13. The van der Waals surface area contributed by atoms with Crippen LogP contribution in [0.4, 0.5) is 5.69 Å². The van der Waals surface area contributed by atoms with Crippen molar-refractivity contribution in [1.82, 2.24) is 19.7 Å². The molecule has 0 fully saturated rings. The lowest BCUT2D eigenvalue weighted by Crippen LogP contribution is -2.09. The van der Waals surface area contributed by atoms with Gasteiger partial charge in [0.2, 0.25) is 0 Å². The quantitative estimate of drug-likeness (QED) is 0.801. The maximum absolute atomic E-state index is 4.59. The van der Waals surface area contributed by atoms with Crippen molar-refractivity contribution >= 4 is 17.0 Å². The van der Waals surface area contributed by atoms with Crippen molar-refractivity contribution in [2.45, 2.75) is 26.8 Å². The van der Waals surface area contributed by atoms with E-state index in [1.807, 2.05) is 37.5 Å². The Balaban J connectivity index is 1.74. The third-order valence-electron chi connectivity index (χ3n) is 3.22. The predicted molar refractivity (Wildman–Crippen MR) is 85.0 cm³/mol. The lowest BCUT2D eigenvalue weighted by molar-refractivity contribution is 0.828. The average molecular weight is 299 g/mol. The summed E-state index contributed by atoms with van der Waals surface area (Å²) in [4.78, 5) is 10.3. The van der Waals surface area contributed by atoms with E-state index in [1.165, 1.54) is 4.88 Å². The Labute approximate surface area is 127 Å². The molecule has 3 aromatic rings. The molecule has 0 radical (unpaired) electrons. The third-order valence-corrected chi connectivity index (χ3v) is 4.12. The van der Waals surface area contributed by atoms with E-state index in [9.17, 15) is 0 Å². The van der Waals surface area contributed by atoms with Crippen molar-refractivity contribution in [3.05, 3.63) is 52.4 Å². The smallest absolute Gasteiger partial charge is 0.153 e. The Bertz CT molecular complexity index is 715. The molecule has 3 aromatic heterocycles. The first-order valence-electron chi connectivity index (χ1n) is 6.80. The van der Waals surface area contributed by atoms with Crippen LogP contribution in [0.3, 0.4) is 0 Å². The van der Waals surface area contributed by atoms with Gasteiger partial charge in [0.05, 0.1) is 28.6 Å². The number of thiazole rings is 1. The number of rotatable bonds is 4. The number of aryl methyl sites for hydroxylation is 2. The average Bonchev–Trinajstić information content (AvgIpc) is 3.09. The first-order valence-corrected chi connectivity index (χ1v) is 7.61. The number of hydrogen-bond donors (Lipinski definition) is 1. The van der Waals surface area contributed by atoms with Crippen molar-refractivity contribution in [3.8, 4) is 5.82 Å². The molecule has 0 aromatic carbocycles. The number of aromatic nitrogens is 4. The highest BCUT2D eigenvalue weighted by molar-refractivity contribution is 7.11. The van der Waals surface area contributed by atoms with Crippen molar-refractivity contribution in [2.24, 2.45) is 0 Å². The fourth-order valence-electron chi connectivity index (χ4n) is 2.28. The zero-order valence-electron chi connectivity index (χ0n) is 12.2. The Kier molecular flexibility index (Phi) is 3.70. The summed E-state index contributed by atoms with van der Waals surface area (Å²) < 4.78 is 1.74. The molecule has 1 atom stereocenters. The van der Waals surface area contributed by atoms with Gasteiger partial charge < -0.3 is 5.32 Å². The molecule has 1 unspecified atom stereocenters. The van der Waals surface area contributed by atoms with Gasteiger partial charge >= 0.3 is 0 Å². The molecule has 0 aliphatic rings. The Morgan fingerprint density at radius 1 is 1.29 bits per heavy atom. The standard InChI is InChI=1S/C15H17N5S/c1-10(15-11(2)21-12(3)19-15)18-13-5-6-14(16-9-13)20-8-4-7-17-20/h4-10,18H,1-3H3. The molecule has 0 aliphatic carbocycles. The molecule has 3 heterocycles. The second-order valence-electron chi connectivity index (χ2n) is 4.90. The number of hydrogen-bond acceptors (Lipinski definition) is 5. The van der Waals surface area contributed by atoms with Gasteiger partial charge in [0.25, 0.3) is 0 Å². The van der Waals surface area contributed by atoms with Gasteiger partial charge in [-0.3, -0.25) is 0 Å². The van der Waals surface area contributed by atoms with Gasteiger partial charge in [-0.15, -0.1) is 11.3 Å². The molecule has 0 bridgehead atoms. The highest BCUT2D eigenvalue weighted by Crippen LogP contribution is 2.25. The lowest BCUT2D eigenvalue weighted by atomic mass is 10.2. The first-order chi connectivity index (χ1) is 10.1. The minimum Gasteiger partial charge on any atom is -0.376 e. The molecule has 0 spiro atoms. The molecule has 108 valence electrons. The highest BCUT2D eigenvalue weighted by atomic mass is 32.1. The van der Waals surface area contributed by atoms with Crippen LogP contribution in [-0.4, -0.2) is 19.7 Å². The van der Waals surface area contributed by atoms with E-state index in [4.69, 9.17) is 0 Å². The second-order valence-corrected chi connectivity index (χ2v) is 6.30. The normalized spacial score (nSPS) is 12.3. The van der Waals surface area contributed by atoms with Crippen LogP contribution in [0.15, 0.2) is 36.8 Å². The summed E-state index contributed by atoms with van der Waals surface area (Å²) in [5.41, 5.74) is 2.08. The van der Waals surface area contributed by atoms with Gasteiger partial charge in [-0.25, -0.2) is 14.6 Å². The summed E-state index contributed by atoms with van der Waals surface area (Å²) in [7, 11) is 0. The zero-order valence-corrected chi connectivity index (χ0v) is 13.1. The van der Waals surface area contributed by atoms with Gasteiger partial charge in [-0.2, -0.15) is 5.10 Å².